The number of carbonyl (C=O) groups is 1. The Morgan fingerprint density at radius 3 is 2.40 bits per heavy atom. The average molecular weight is 497 g/mol. The van der Waals surface area contributed by atoms with Gasteiger partial charge in [0.1, 0.15) is 17.4 Å². The molecule has 0 spiro atoms. The van der Waals surface area contributed by atoms with Crippen LogP contribution >= 0.6 is 0 Å². The zero-order chi connectivity index (χ0) is 25.3. The van der Waals surface area contributed by atoms with Crippen LogP contribution in [0.4, 0.5) is 5.69 Å². The zero-order valence-corrected chi connectivity index (χ0v) is 20.4. The minimum atomic E-state index is -3.49. The van der Waals surface area contributed by atoms with E-state index in [0.717, 1.165) is 16.4 Å². The Kier molecular flexibility index (Phi) is 4.96. The van der Waals surface area contributed by atoms with Gasteiger partial charge in [0, 0.05) is 17.2 Å². The standard InChI is InChI=1S/C24H24N4O6S/c1-14(29)15-5-8-17(9-6-15)27-22(30)26-12-11-19-21(28(26)23(27)31)18-10-7-16(25-35(4,32)33)13-20(18)34-24(19,2)3/h5-11,13,21,25H,12H2,1-4H3. The van der Waals surface area contributed by atoms with Gasteiger partial charge in [0.05, 0.1) is 24.2 Å². The summed E-state index contributed by atoms with van der Waals surface area (Å²) in [6.07, 6.45) is 2.95. The molecule has 0 saturated carbocycles. The van der Waals surface area contributed by atoms with Crippen molar-refractivity contribution in [3.8, 4) is 11.4 Å². The number of carbonyl (C=O) groups excluding carboxylic acids is 1. The Hall–Kier alpha value is -3.86. The van der Waals surface area contributed by atoms with Crippen molar-refractivity contribution < 1.29 is 17.9 Å². The molecule has 0 saturated heterocycles. The van der Waals surface area contributed by atoms with Crippen LogP contribution in [0.1, 0.15) is 42.7 Å². The number of rotatable bonds is 4. The van der Waals surface area contributed by atoms with Gasteiger partial charge in [-0.15, -0.1) is 0 Å². The topological polar surface area (TPSA) is 121 Å². The van der Waals surface area contributed by atoms with Crippen molar-refractivity contribution in [2.24, 2.45) is 0 Å². The molecular formula is C24H24N4O6S. The molecule has 0 fully saturated rings. The summed E-state index contributed by atoms with van der Waals surface area (Å²) in [5.74, 6) is 0.300. The molecule has 1 unspecified atom stereocenters. The number of anilines is 1. The van der Waals surface area contributed by atoms with E-state index in [9.17, 15) is 22.8 Å². The van der Waals surface area contributed by atoms with Crippen LogP contribution in [0.2, 0.25) is 0 Å². The summed E-state index contributed by atoms with van der Waals surface area (Å²) in [6.45, 7) is 5.36. The van der Waals surface area contributed by atoms with Gasteiger partial charge in [-0.2, -0.15) is 0 Å². The van der Waals surface area contributed by atoms with E-state index in [2.05, 4.69) is 4.72 Å². The monoisotopic (exact) mass is 496 g/mol. The minimum Gasteiger partial charge on any atom is -0.483 e. The van der Waals surface area contributed by atoms with Crippen molar-refractivity contribution in [1.82, 2.24) is 13.9 Å². The van der Waals surface area contributed by atoms with E-state index < -0.39 is 33.0 Å². The van der Waals surface area contributed by atoms with Crippen molar-refractivity contribution in [2.45, 2.75) is 39.0 Å². The summed E-state index contributed by atoms with van der Waals surface area (Å²) in [7, 11) is -3.49. The zero-order valence-electron chi connectivity index (χ0n) is 19.6. The highest BCUT2D eigenvalue weighted by Gasteiger charge is 2.43. The predicted molar refractivity (Wildman–Crippen MR) is 130 cm³/mol. The van der Waals surface area contributed by atoms with E-state index in [1.165, 1.54) is 16.3 Å². The van der Waals surface area contributed by atoms with Gasteiger partial charge >= 0.3 is 11.4 Å². The Morgan fingerprint density at radius 1 is 1.09 bits per heavy atom. The summed E-state index contributed by atoms with van der Waals surface area (Å²) in [6, 6.07) is 10.6. The van der Waals surface area contributed by atoms with E-state index in [4.69, 9.17) is 4.74 Å². The van der Waals surface area contributed by atoms with Crippen molar-refractivity contribution in [3.05, 3.63) is 86.2 Å². The van der Waals surface area contributed by atoms with Crippen LogP contribution in [0.25, 0.3) is 5.69 Å². The molecule has 182 valence electrons. The maximum atomic E-state index is 13.7. The second kappa shape index (κ2) is 7.57. The molecule has 2 aliphatic rings. The number of nitrogens with zero attached hydrogens (tertiary/aromatic N) is 3. The highest BCUT2D eigenvalue weighted by Crippen LogP contribution is 2.46. The number of nitrogens with one attached hydrogen (secondary N) is 1. The molecule has 1 aromatic heterocycles. The number of Topliss-reactive ketones (excluding diaryl/α,β-unsaturated/α-hetero) is 1. The van der Waals surface area contributed by atoms with Gasteiger partial charge in [-0.1, -0.05) is 12.1 Å². The highest BCUT2D eigenvalue weighted by atomic mass is 32.2. The molecular weight excluding hydrogens is 472 g/mol. The number of allylic oxidation sites excluding steroid dienone is 1. The average Bonchev–Trinajstić information content (AvgIpc) is 3.02. The summed E-state index contributed by atoms with van der Waals surface area (Å²) < 4.78 is 35.9. The van der Waals surface area contributed by atoms with Crippen LogP contribution in [0.15, 0.2) is 63.7 Å². The first-order valence-electron chi connectivity index (χ1n) is 10.9. The summed E-state index contributed by atoms with van der Waals surface area (Å²) >= 11 is 0. The maximum absolute atomic E-state index is 13.7. The lowest BCUT2D eigenvalue weighted by molar-refractivity contribution is 0.101. The Labute approximate surface area is 201 Å². The van der Waals surface area contributed by atoms with Crippen LogP contribution in [0, 0.1) is 0 Å². The molecule has 3 aromatic rings. The minimum absolute atomic E-state index is 0.114. The molecule has 5 rings (SSSR count). The van der Waals surface area contributed by atoms with Crippen molar-refractivity contribution >= 4 is 21.5 Å². The second-order valence-corrected chi connectivity index (χ2v) is 11.0. The van der Waals surface area contributed by atoms with Crippen LogP contribution in [-0.2, 0) is 16.6 Å². The molecule has 0 bridgehead atoms. The molecule has 0 radical (unpaired) electrons. The molecule has 1 N–H and O–H groups in total. The summed E-state index contributed by atoms with van der Waals surface area (Å²) in [5.41, 5.74) is 0.791. The number of fused-ring (bicyclic) bond motifs is 5. The fraction of sp³-hybridized carbons (Fsp3) is 0.292. The SMILES string of the molecule is CC(=O)c1ccc(-n2c(=O)n3n(c2=O)C2C(=CC3)C(C)(C)Oc3cc(NS(C)(=O)=O)ccc32)cc1. The fourth-order valence-corrected chi connectivity index (χ4v) is 5.29. The van der Waals surface area contributed by atoms with E-state index in [1.807, 2.05) is 19.9 Å². The Balaban J connectivity index is 1.69. The Morgan fingerprint density at radius 2 is 1.77 bits per heavy atom. The van der Waals surface area contributed by atoms with E-state index in [0.29, 0.717) is 28.3 Å². The molecule has 11 heteroatoms. The van der Waals surface area contributed by atoms with E-state index in [1.54, 1.807) is 42.5 Å². The van der Waals surface area contributed by atoms with Crippen LogP contribution in [-0.4, -0.2) is 40.0 Å². The number of benzene rings is 2. The van der Waals surface area contributed by atoms with Crippen LogP contribution in [0.5, 0.6) is 5.75 Å². The van der Waals surface area contributed by atoms with Gasteiger partial charge in [0.25, 0.3) is 0 Å². The first kappa shape index (κ1) is 22.9. The maximum Gasteiger partial charge on any atom is 0.352 e. The Bertz CT molecular complexity index is 1640. The fourth-order valence-electron chi connectivity index (χ4n) is 4.74. The largest absolute Gasteiger partial charge is 0.483 e. The molecule has 35 heavy (non-hydrogen) atoms. The molecule has 10 nitrogen and oxygen atoms in total. The van der Waals surface area contributed by atoms with Crippen molar-refractivity contribution in [3.63, 3.8) is 0 Å². The molecule has 0 aliphatic carbocycles. The predicted octanol–water partition coefficient (Wildman–Crippen LogP) is 2.08. The normalized spacial score (nSPS) is 17.9. The lowest BCUT2D eigenvalue weighted by Crippen LogP contribution is -2.46. The van der Waals surface area contributed by atoms with Gasteiger partial charge < -0.3 is 4.74 Å². The quantitative estimate of drug-likeness (QED) is 0.436. The molecule has 2 aliphatic heterocycles. The lowest BCUT2D eigenvalue weighted by atomic mass is 9.83. The summed E-state index contributed by atoms with van der Waals surface area (Å²) in [5, 5.41) is 0. The number of ether oxygens (including phenoxy) is 1. The third kappa shape index (κ3) is 3.72. The van der Waals surface area contributed by atoms with Crippen molar-refractivity contribution in [1.29, 1.82) is 0 Å². The third-order valence-corrected chi connectivity index (χ3v) is 6.89. The number of hydrogen-bond donors (Lipinski definition) is 1. The van der Waals surface area contributed by atoms with E-state index >= 15 is 0 Å². The van der Waals surface area contributed by atoms with Gasteiger partial charge in [-0.05, 0) is 56.7 Å². The summed E-state index contributed by atoms with van der Waals surface area (Å²) in [4.78, 5) is 38.6. The van der Waals surface area contributed by atoms with Gasteiger partial charge in [-0.3, -0.25) is 9.52 Å². The first-order valence-corrected chi connectivity index (χ1v) is 12.8. The molecule has 1 atom stereocenters. The molecule has 3 heterocycles. The number of aromatic nitrogens is 3. The molecule has 0 amide bonds. The second-order valence-electron chi connectivity index (χ2n) is 9.23. The van der Waals surface area contributed by atoms with Gasteiger partial charge in [-0.25, -0.2) is 31.9 Å². The van der Waals surface area contributed by atoms with Gasteiger partial charge in [0.15, 0.2) is 5.78 Å². The van der Waals surface area contributed by atoms with Crippen LogP contribution in [0.3, 0.4) is 0 Å². The molecule has 2 aromatic carbocycles. The van der Waals surface area contributed by atoms with Crippen molar-refractivity contribution in [2.75, 3.05) is 11.0 Å². The lowest BCUT2D eigenvalue weighted by Gasteiger charge is -2.42. The number of hydrogen-bond acceptors (Lipinski definition) is 6. The number of ketones is 1. The third-order valence-electron chi connectivity index (χ3n) is 6.29. The smallest absolute Gasteiger partial charge is 0.352 e. The highest BCUT2D eigenvalue weighted by molar-refractivity contribution is 7.92. The van der Waals surface area contributed by atoms with E-state index in [-0.39, 0.29) is 12.3 Å². The van der Waals surface area contributed by atoms with Crippen LogP contribution < -0.4 is 20.8 Å². The number of sulfonamides is 1. The van der Waals surface area contributed by atoms with Gasteiger partial charge in [0.2, 0.25) is 10.0 Å². The first-order chi connectivity index (χ1) is 16.4.